The van der Waals surface area contributed by atoms with Gasteiger partial charge in [0.2, 0.25) is 0 Å². The summed E-state index contributed by atoms with van der Waals surface area (Å²) in [6.45, 7) is 3.79. The largest absolute Gasteiger partial charge is 0.335 e. The minimum Gasteiger partial charge on any atom is -0.335 e. The number of halogens is 1. The molecule has 0 unspecified atom stereocenters. The van der Waals surface area contributed by atoms with Crippen LogP contribution in [-0.4, -0.2) is 46.4 Å². The lowest BCUT2D eigenvalue weighted by molar-refractivity contribution is 0.0220. The molecule has 0 atom stereocenters. The molecular weight excluding hydrogens is 362 g/mol. The summed E-state index contributed by atoms with van der Waals surface area (Å²) in [4.78, 5) is 22.4. The highest BCUT2D eigenvalue weighted by atomic mass is 79.9. The topological polar surface area (TPSA) is 36.4 Å². The van der Waals surface area contributed by atoms with Gasteiger partial charge in [-0.05, 0) is 45.4 Å². The normalized spacial score (nSPS) is 18.9. The lowest BCUT2D eigenvalue weighted by atomic mass is 10.0. The van der Waals surface area contributed by atoms with E-state index in [1.54, 1.807) is 12.4 Å². The number of rotatable bonds is 2. The van der Waals surface area contributed by atoms with Crippen LogP contribution in [0.4, 0.5) is 0 Å². The zero-order chi connectivity index (χ0) is 15.1. The second-order valence-corrected chi connectivity index (χ2v) is 7.76. The first kappa shape index (κ1) is 14.4. The molecule has 2 aliphatic heterocycles. The molecule has 4 rings (SSSR count). The molecule has 0 radical (unpaired) electrons. The first-order chi connectivity index (χ1) is 10.7. The van der Waals surface area contributed by atoms with Crippen molar-refractivity contribution in [2.45, 2.75) is 19.0 Å². The molecule has 2 aliphatic rings. The Morgan fingerprint density at radius 2 is 2.23 bits per heavy atom. The highest BCUT2D eigenvalue weighted by molar-refractivity contribution is 9.10. The number of aromatic nitrogens is 1. The number of hydrogen-bond donors (Lipinski definition) is 0. The van der Waals surface area contributed by atoms with Crippen molar-refractivity contribution in [3.05, 3.63) is 50.4 Å². The number of fused-ring (bicyclic) bond motifs is 1. The molecule has 4 heterocycles. The van der Waals surface area contributed by atoms with Gasteiger partial charge < -0.3 is 4.90 Å². The van der Waals surface area contributed by atoms with Crippen LogP contribution >= 0.6 is 27.3 Å². The van der Waals surface area contributed by atoms with Gasteiger partial charge in [-0.15, -0.1) is 11.3 Å². The van der Waals surface area contributed by atoms with Gasteiger partial charge in [-0.25, -0.2) is 0 Å². The van der Waals surface area contributed by atoms with Gasteiger partial charge in [0.1, 0.15) is 0 Å². The van der Waals surface area contributed by atoms with Crippen LogP contribution in [0.3, 0.4) is 0 Å². The molecule has 0 saturated carbocycles. The third-order valence-corrected chi connectivity index (χ3v) is 5.91. The van der Waals surface area contributed by atoms with E-state index in [1.165, 1.54) is 10.4 Å². The van der Waals surface area contributed by atoms with Crippen molar-refractivity contribution in [3.63, 3.8) is 0 Å². The predicted octanol–water partition coefficient (Wildman–Crippen LogP) is 2.79. The van der Waals surface area contributed by atoms with Crippen molar-refractivity contribution in [1.29, 1.82) is 0 Å². The Kier molecular flexibility index (Phi) is 3.76. The quantitative estimate of drug-likeness (QED) is 0.807. The number of amides is 1. The van der Waals surface area contributed by atoms with Crippen molar-refractivity contribution in [2.75, 3.05) is 19.6 Å². The Hall–Kier alpha value is -1.24. The van der Waals surface area contributed by atoms with Crippen LogP contribution in [-0.2, 0) is 13.0 Å². The number of carbonyl (C=O) groups excluding carboxylic acids is 1. The van der Waals surface area contributed by atoms with Gasteiger partial charge >= 0.3 is 0 Å². The van der Waals surface area contributed by atoms with Crippen molar-refractivity contribution < 1.29 is 4.79 Å². The van der Waals surface area contributed by atoms with E-state index < -0.39 is 0 Å². The van der Waals surface area contributed by atoms with E-state index in [-0.39, 0.29) is 5.91 Å². The molecule has 2 aromatic rings. The Labute approximate surface area is 141 Å². The molecule has 1 amide bonds. The van der Waals surface area contributed by atoms with Gasteiger partial charge in [-0.2, -0.15) is 0 Å². The van der Waals surface area contributed by atoms with Crippen molar-refractivity contribution in [2.24, 2.45) is 0 Å². The standard InChI is InChI=1S/C16H16BrN3OS/c17-13-5-12(6-18-7-13)16(21)20-9-14(10-20)19-3-1-15-11(8-19)2-4-22-15/h2,4-7,14H,1,3,8-10H2. The molecule has 0 spiro atoms. The number of pyridine rings is 1. The molecule has 0 aliphatic carbocycles. The van der Waals surface area contributed by atoms with E-state index in [9.17, 15) is 4.79 Å². The average molecular weight is 378 g/mol. The molecule has 1 fully saturated rings. The Morgan fingerprint density at radius 1 is 1.36 bits per heavy atom. The summed E-state index contributed by atoms with van der Waals surface area (Å²) in [5, 5.41) is 2.19. The molecule has 1 saturated heterocycles. The summed E-state index contributed by atoms with van der Waals surface area (Å²) in [5.74, 6) is 0.0817. The van der Waals surface area contributed by atoms with E-state index in [4.69, 9.17) is 0 Å². The smallest absolute Gasteiger partial charge is 0.255 e. The maximum absolute atomic E-state index is 12.4. The average Bonchev–Trinajstić information content (AvgIpc) is 2.93. The molecule has 4 nitrogen and oxygen atoms in total. The summed E-state index contributed by atoms with van der Waals surface area (Å²) < 4.78 is 0.844. The van der Waals surface area contributed by atoms with Crippen molar-refractivity contribution >= 4 is 33.2 Å². The van der Waals surface area contributed by atoms with Crippen LogP contribution < -0.4 is 0 Å². The lowest BCUT2D eigenvalue weighted by Crippen LogP contribution is -2.61. The maximum atomic E-state index is 12.4. The van der Waals surface area contributed by atoms with Crippen molar-refractivity contribution in [1.82, 2.24) is 14.8 Å². The fourth-order valence-corrected chi connectivity index (χ4v) is 4.40. The molecule has 2 aromatic heterocycles. The Morgan fingerprint density at radius 3 is 3.05 bits per heavy atom. The zero-order valence-corrected chi connectivity index (χ0v) is 14.4. The predicted molar refractivity (Wildman–Crippen MR) is 90.1 cm³/mol. The van der Waals surface area contributed by atoms with Crippen LogP contribution in [0, 0.1) is 0 Å². The zero-order valence-electron chi connectivity index (χ0n) is 12.0. The summed E-state index contributed by atoms with van der Waals surface area (Å²) in [7, 11) is 0. The van der Waals surface area contributed by atoms with E-state index in [0.29, 0.717) is 11.6 Å². The van der Waals surface area contributed by atoms with Crippen LogP contribution in [0.15, 0.2) is 34.4 Å². The Bertz CT molecular complexity index is 711. The SMILES string of the molecule is O=C(c1cncc(Br)c1)N1CC(N2CCc3sccc3C2)C1. The monoisotopic (exact) mass is 377 g/mol. The molecule has 114 valence electrons. The fraction of sp³-hybridized carbons (Fsp3) is 0.375. The van der Waals surface area contributed by atoms with Gasteiger partial charge in [0.05, 0.1) is 5.56 Å². The molecule has 0 bridgehead atoms. The fourth-order valence-electron chi connectivity index (χ4n) is 3.15. The van der Waals surface area contributed by atoms with E-state index in [2.05, 4.69) is 37.3 Å². The number of thiophene rings is 1. The van der Waals surface area contributed by atoms with E-state index in [1.807, 2.05) is 22.3 Å². The molecule has 22 heavy (non-hydrogen) atoms. The second-order valence-electron chi connectivity index (χ2n) is 5.85. The molecule has 6 heteroatoms. The highest BCUT2D eigenvalue weighted by Crippen LogP contribution is 2.28. The van der Waals surface area contributed by atoms with Crippen molar-refractivity contribution in [3.8, 4) is 0 Å². The third-order valence-electron chi connectivity index (χ3n) is 4.45. The van der Waals surface area contributed by atoms with Crippen LogP contribution in [0.2, 0.25) is 0 Å². The van der Waals surface area contributed by atoms with Crippen LogP contribution in [0.1, 0.15) is 20.8 Å². The summed E-state index contributed by atoms with van der Waals surface area (Å²) >= 11 is 5.23. The summed E-state index contributed by atoms with van der Waals surface area (Å²) in [6.07, 6.45) is 4.48. The van der Waals surface area contributed by atoms with Crippen LogP contribution in [0.25, 0.3) is 0 Å². The minimum absolute atomic E-state index is 0.0817. The Balaban J connectivity index is 1.37. The first-order valence-corrected chi connectivity index (χ1v) is 9.07. The molecular formula is C16H16BrN3OS. The van der Waals surface area contributed by atoms with E-state index in [0.717, 1.165) is 37.1 Å². The number of hydrogen-bond acceptors (Lipinski definition) is 4. The molecule has 0 N–H and O–H groups in total. The van der Waals surface area contributed by atoms with Gasteiger partial charge in [0.15, 0.2) is 0 Å². The summed E-state index contributed by atoms with van der Waals surface area (Å²) in [6, 6.07) is 4.57. The summed E-state index contributed by atoms with van der Waals surface area (Å²) in [5.41, 5.74) is 2.13. The number of nitrogens with zero attached hydrogens (tertiary/aromatic N) is 3. The first-order valence-electron chi connectivity index (χ1n) is 7.40. The van der Waals surface area contributed by atoms with Gasteiger partial charge in [0.25, 0.3) is 5.91 Å². The number of carbonyl (C=O) groups is 1. The number of likely N-dealkylation sites (tertiary alicyclic amines) is 1. The van der Waals surface area contributed by atoms with Gasteiger partial charge in [0, 0.05) is 54.0 Å². The second kappa shape index (κ2) is 5.76. The third kappa shape index (κ3) is 2.59. The van der Waals surface area contributed by atoms with Crippen LogP contribution in [0.5, 0.6) is 0 Å². The lowest BCUT2D eigenvalue weighted by Gasteiger charge is -2.46. The van der Waals surface area contributed by atoms with E-state index >= 15 is 0 Å². The molecule has 0 aromatic carbocycles. The van der Waals surface area contributed by atoms with Gasteiger partial charge in [-0.3, -0.25) is 14.7 Å². The van der Waals surface area contributed by atoms with Gasteiger partial charge in [-0.1, -0.05) is 0 Å². The minimum atomic E-state index is 0.0817. The highest BCUT2D eigenvalue weighted by Gasteiger charge is 2.36. The maximum Gasteiger partial charge on any atom is 0.255 e.